The lowest BCUT2D eigenvalue weighted by atomic mass is 9.86. The predicted molar refractivity (Wildman–Crippen MR) is 158 cm³/mol. The van der Waals surface area contributed by atoms with Crippen LogP contribution in [0.2, 0.25) is 0 Å². The number of benzene rings is 2. The van der Waals surface area contributed by atoms with Gasteiger partial charge in [-0.2, -0.15) is 0 Å². The van der Waals surface area contributed by atoms with E-state index in [1.807, 2.05) is 0 Å². The quantitative estimate of drug-likeness (QED) is 0.191. The van der Waals surface area contributed by atoms with Gasteiger partial charge in [-0.05, 0) is 54.0 Å². The van der Waals surface area contributed by atoms with Gasteiger partial charge in [-0.1, -0.05) is 94.5 Å². The van der Waals surface area contributed by atoms with Gasteiger partial charge in [0.25, 0.3) is 0 Å². The van der Waals surface area contributed by atoms with Crippen LogP contribution in [-0.2, 0) is 14.3 Å². The van der Waals surface area contributed by atoms with E-state index in [4.69, 9.17) is 4.74 Å². The van der Waals surface area contributed by atoms with Crippen LogP contribution in [0.3, 0.4) is 0 Å². The molecule has 0 N–H and O–H groups in total. The van der Waals surface area contributed by atoms with Crippen LogP contribution in [0, 0.1) is 17.8 Å². The summed E-state index contributed by atoms with van der Waals surface area (Å²) >= 11 is 1.74. The third-order valence-corrected chi connectivity index (χ3v) is 9.98. The molecule has 0 aromatic heterocycles. The summed E-state index contributed by atoms with van der Waals surface area (Å²) in [5, 5.41) is 2.45. The summed E-state index contributed by atoms with van der Waals surface area (Å²) in [7, 11) is 1.43. The van der Waals surface area contributed by atoms with E-state index >= 15 is 0 Å². The number of carbonyl (C=O) groups excluding carboxylic acids is 2. The molecule has 208 valence electrons. The maximum Gasteiger partial charge on any atom is 0.305 e. The number of carbonyl (C=O) groups is 2. The highest BCUT2D eigenvalue weighted by Crippen LogP contribution is 2.31. The molecule has 4 nitrogen and oxygen atoms in total. The molecular formula is C33H47NO3S. The number of amides is 1. The van der Waals surface area contributed by atoms with Crippen molar-refractivity contribution in [2.75, 3.05) is 26.0 Å². The minimum Gasteiger partial charge on any atom is -0.469 e. The Morgan fingerprint density at radius 3 is 2.08 bits per heavy atom. The van der Waals surface area contributed by atoms with E-state index < -0.39 is 0 Å². The molecule has 1 atom stereocenters. The van der Waals surface area contributed by atoms with Crippen LogP contribution in [0.5, 0.6) is 0 Å². The topological polar surface area (TPSA) is 46.6 Å². The smallest absolute Gasteiger partial charge is 0.305 e. The SMILES string of the molecule is COC(=O)CCC(CSc1ccc2ccccc2c1)C(=O)N(CCC1CCCCC1)CCC1CCCCC1. The number of thioether (sulfide) groups is 1. The number of ether oxygens (including phenoxy) is 1. The predicted octanol–water partition coefficient (Wildman–Crippen LogP) is 8.27. The lowest BCUT2D eigenvalue weighted by molar-refractivity contribution is -0.141. The van der Waals surface area contributed by atoms with Crippen LogP contribution in [-0.4, -0.2) is 42.7 Å². The average molecular weight is 538 g/mol. The van der Waals surface area contributed by atoms with Gasteiger partial charge in [0.15, 0.2) is 0 Å². The first kappa shape index (κ1) is 29.0. The number of nitrogens with zero attached hydrogens (tertiary/aromatic N) is 1. The highest BCUT2D eigenvalue weighted by Gasteiger charge is 2.27. The number of hydrogen-bond acceptors (Lipinski definition) is 4. The molecule has 1 amide bonds. The molecule has 2 saturated carbocycles. The lowest BCUT2D eigenvalue weighted by Crippen LogP contribution is -2.40. The summed E-state index contributed by atoms with van der Waals surface area (Å²) in [6, 6.07) is 14.9. The van der Waals surface area contributed by atoms with Gasteiger partial charge in [0.05, 0.1) is 7.11 Å². The molecule has 0 heterocycles. The van der Waals surface area contributed by atoms with E-state index in [1.165, 1.54) is 87.0 Å². The minimum atomic E-state index is -0.227. The monoisotopic (exact) mass is 537 g/mol. The molecule has 0 bridgehead atoms. The van der Waals surface area contributed by atoms with Crippen molar-refractivity contribution in [2.45, 2.75) is 94.8 Å². The highest BCUT2D eigenvalue weighted by molar-refractivity contribution is 7.99. The maximum atomic E-state index is 14.1. The van der Waals surface area contributed by atoms with E-state index in [0.29, 0.717) is 18.6 Å². The van der Waals surface area contributed by atoms with Crippen LogP contribution in [0.25, 0.3) is 10.8 Å². The number of esters is 1. The first-order valence-electron chi connectivity index (χ1n) is 15.1. The van der Waals surface area contributed by atoms with Crippen LogP contribution in [0.4, 0.5) is 0 Å². The molecule has 0 spiro atoms. The van der Waals surface area contributed by atoms with Gasteiger partial charge >= 0.3 is 5.97 Å². The summed E-state index contributed by atoms with van der Waals surface area (Å²) in [5.74, 6) is 2.05. The second kappa shape index (κ2) is 15.5. The minimum absolute atomic E-state index is 0.178. The van der Waals surface area contributed by atoms with Crippen molar-refractivity contribution < 1.29 is 14.3 Å². The Bertz CT molecular complexity index is 990. The molecule has 2 aliphatic rings. The van der Waals surface area contributed by atoms with Gasteiger partial charge in [0.1, 0.15) is 0 Å². The zero-order chi connectivity index (χ0) is 26.6. The Balaban J connectivity index is 1.43. The molecule has 2 aliphatic carbocycles. The summed E-state index contributed by atoms with van der Waals surface area (Å²) in [6.07, 6.45) is 16.4. The summed E-state index contributed by atoms with van der Waals surface area (Å²) in [6.45, 7) is 1.73. The highest BCUT2D eigenvalue weighted by atomic mass is 32.2. The molecule has 1 unspecified atom stereocenters. The van der Waals surface area contributed by atoms with Crippen molar-refractivity contribution in [1.82, 2.24) is 4.90 Å². The van der Waals surface area contributed by atoms with E-state index in [9.17, 15) is 9.59 Å². The van der Waals surface area contributed by atoms with Crippen molar-refractivity contribution in [3.8, 4) is 0 Å². The molecule has 2 aromatic rings. The van der Waals surface area contributed by atoms with Gasteiger partial charge in [-0.25, -0.2) is 0 Å². The molecule has 2 aromatic carbocycles. The second-order valence-corrected chi connectivity index (χ2v) is 12.6. The number of rotatable bonds is 13. The molecular weight excluding hydrogens is 490 g/mol. The average Bonchev–Trinajstić information content (AvgIpc) is 2.97. The summed E-state index contributed by atoms with van der Waals surface area (Å²) in [4.78, 5) is 29.5. The Morgan fingerprint density at radius 2 is 1.47 bits per heavy atom. The number of methoxy groups -OCH3 is 1. The van der Waals surface area contributed by atoms with Crippen LogP contribution in [0.15, 0.2) is 47.4 Å². The lowest BCUT2D eigenvalue weighted by Gasteiger charge is -2.32. The molecule has 0 radical (unpaired) electrons. The molecule has 38 heavy (non-hydrogen) atoms. The van der Waals surface area contributed by atoms with Crippen molar-refractivity contribution >= 4 is 34.4 Å². The van der Waals surface area contributed by atoms with Crippen LogP contribution < -0.4 is 0 Å². The Labute approximate surface area is 234 Å². The van der Waals surface area contributed by atoms with E-state index in [1.54, 1.807) is 11.8 Å². The van der Waals surface area contributed by atoms with E-state index in [0.717, 1.165) is 37.8 Å². The van der Waals surface area contributed by atoms with Crippen LogP contribution >= 0.6 is 11.8 Å². The molecule has 4 rings (SSSR count). The van der Waals surface area contributed by atoms with Crippen LogP contribution in [0.1, 0.15) is 89.9 Å². The zero-order valence-electron chi connectivity index (χ0n) is 23.4. The fourth-order valence-electron chi connectivity index (χ4n) is 6.35. The van der Waals surface area contributed by atoms with Crippen molar-refractivity contribution in [3.63, 3.8) is 0 Å². The Kier molecular flexibility index (Phi) is 11.9. The first-order valence-corrected chi connectivity index (χ1v) is 16.1. The third-order valence-electron chi connectivity index (χ3n) is 8.82. The van der Waals surface area contributed by atoms with E-state index in [-0.39, 0.29) is 17.8 Å². The largest absolute Gasteiger partial charge is 0.469 e. The van der Waals surface area contributed by atoms with Gasteiger partial charge in [0, 0.05) is 36.1 Å². The number of fused-ring (bicyclic) bond motifs is 1. The molecule has 0 aliphatic heterocycles. The fourth-order valence-corrected chi connectivity index (χ4v) is 7.42. The summed E-state index contributed by atoms with van der Waals surface area (Å²) < 4.78 is 4.93. The zero-order valence-corrected chi connectivity index (χ0v) is 24.2. The summed E-state index contributed by atoms with van der Waals surface area (Å²) in [5.41, 5.74) is 0. The van der Waals surface area contributed by atoms with E-state index in [2.05, 4.69) is 47.4 Å². The fraction of sp³-hybridized carbons (Fsp3) is 0.636. The third kappa shape index (κ3) is 9.03. The van der Waals surface area contributed by atoms with Crippen molar-refractivity contribution in [3.05, 3.63) is 42.5 Å². The Hall–Kier alpha value is -2.01. The van der Waals surface area contributed by atoms with Crippen molar-refractivity contribution in [1.29, 1.82) is 0 Å². The molecule has 0 saturated heterocycles. The maximum absolute atomic E-state index is 14.1. The van der Waals surface area contributed by atoms with Crippen molar-refractivity contribution in [2.24, 2.45) is 17.8 Å². The second-order valence-electron chi connectivity index (χ2n) is 11.5. The van der Waals surface area contributed by atoms with Gasteiger partial charge in [-0.15, -0.1) is 11.8 Å². The first-order chi connectivity index (χ1) is 18.6. The molecule has 5 heteroatoms. The number of hydrogen-bond donors (Lipinski definition) is 0. The van der Waals surface area contributed by atoms with Gasteiger partial charge < -0.3 is 9.64 Å². The molecule has 2 fully saturated rings. The van der Waals surface area contributed by atoms with Gasteiger partial charge in [0.2, 0.25) is 5.91 Å². The standard InChI is InChI=1S/C33H47NO3S/c1-37-32(35)19-17-30(25-38-31-18-16-28-14-8-9-15-29(28)24-31)33(36)34(22-20-26-10-4-2-5-11-26)23-21-27-12-6-3-7-13-27/h8-9,14-16,18,24,26-27,30H,2-7,10-13,17,19-23,25H2,1H3. The van der Waals surface area contributed by atoms with Gasteiger partial charge in [-0.3, -0.25) is 9.59 Å². The Morgan fingerprint density at radius 1 is 0.868 bits per heavy atom. The normalized spacial score (nSPS) is 17.8.